The Morgan fingerprint density at radius 3 is 2.83 bits per heavy atom. The van der Waals surface area contributed by atoms with Crippen LogP contribution in [0.15, 0.2) is 24.5 Å². The van der Waals surface area contributed by atoms with E-state index in [1.165, 1.54) is 11.0 Å². The summed E-state index contributed by atoms with van der Waals surface area (Å²) in [5.74, 6) is 1.36. The standard InChI is InChI=1S/C15H19N5O3/c1-22-13-6-5-11(8-14(13)23-2)12-4-3-7-20(12)15(21)9-19-10-16-17-18-19/h5-6,8,10,12H,3-4,7,9H2,1-2H3/t12-/m0/s1. The van der Waals surface area contributed by atoms with E-state index < -0.39 is 0 Å². The molecule has 1 amide bonds. The first-order chi connectivity index (χ1) is 11.2. The van der Waals surface area contributed by atoms with Gasteiger partial charge < -0.3 is 14.4 Å². The van der Waals surface area contributed by atoms with E-state index in [-0.39, 0.29) is 18.5 Å². The van der Waals surface area contributed by atoms with Crippen LogP contribution in [0.3, 0.4) is 0 Å². The summed E-state index contributed by atoms with van der Waals surface area (Å²) < 4.78 is 12.1. The highest BCUT2D eigenvalue weighted by molar-refractivity contribution is 5.76. The summed E-state index contributed by atoms with van der Waals surface area (Å²) in [6, 6.07) is 5.83. The first-order valence-corrected chi connectivity index (χ1v) is 7.45. The first-order valence-electron chi connectivity index (χ1n) is 7.45. The van der Waals surface area contributed by atoms with Crippen LogP contribution >= 0.6 is 0 Å². The number of tetrazole rings is 1. The highest BCUT2D eigenvalue weighted by Gasteiger charge is 2.30. The molecule has 8 nitrogen and oxygen atoms in total. The van der Waals surface area contributed by atoms with Gasteiger partial charge in [0.25, 0.3) is 0 Å². The third-order valence-electron chi connectivity index (χ3n) is 4.05. The number of aromatic nitrogens is 4. The summed E-state index contributed by atoms with van der Waals surface area (Å²) in [7, 11) is 3.21. The largest absolute Gasteiger partial charge is 0.493 e. The number of ether oxygens (including phenoxy) is 2. The predicted molar refractivity (Wildman–Crippen MR) is 81.1 cm³/mol. The number of hydrogen-bond acceptors (Lipinski definition) is 6. The van der Waals surface area contributed by atoms with Crippen molar-refractivity contribution in [3.8, 4) is 11.5 Å². The normalized spacial score (nSPS) is 17.3. The van der Waals surface area contributed by atoms with E-state index in [0.717, 1.165) is 24.9 Å². The smallest absolute Gasteiger partial charge is 0.244 e. The van der Waals surface area contributed by atoms with Crippen LogP contribution in [0.1, 0.15) is 24.4 Å². The molecule has 3 rings (SSSR count). The maximum absolute atomic E-state index is 12.5. The van der Waals surface area contributed by atoms with Crippen molar-refractivity contribution in [2.75, 3.05) is 20.8 Å². The van der Waals surface area contributed by atoms with Crippen molar-refractivity contribution in [3.63, 3.8) is 0 Å². The van der Waals surface area contributed by atoms with E-state index >= 15 is 0 Å². The number of rotatable bonds is 5. The van der Waals surface area contributed by atoms with E-state index in [2.05, 4.69) is 15.5 Å². The minimum Gasteiger partial charge on any atom is -0.493 e. The second-order valence-corrected chi connectivity index (χ2v) is 5.37. The van der Waals surface area contributed by atoms with Gasteiger partial charge in [-0.25, -0.2) is 4.68 Å². The minimum atomic E-state index is 0.00887. The third-order valence-corrected chi connectivity index (χ3v) is 4.05. The lowest BCUT2D eigenvalue weighted by Gasteiger charge is -2.25. The van der Waals surface area contributed by atoms with E-state index in [9.17, 15) is 4.79 Å². The van der Waals surface area contributed by atoms with E-state index in [4.69, 9.17) is 9.47 Å². The molecule has 23 heavy (non-hydrogen) atoms. The summed E-state index contributed by atoms with van der Waals surface area (Å²) in [5.41, 5.74) is 1.05. The number of carbonyl (C=O) groups excluding carboxylic acids is 1. The van der Waals surface area contributed by atoms with E-state index in [0.29, 0.717) is 11.5 Å². The van der Waals surface area contributed by atoms with Crippen LogP contribution in [0, 0.1) is 0 Å². The Morgan fingerprint density at radius 2 is 2.13 bits per heavy atom. The van der Waals surface area contributed by atoms with Crippen LogP contribution in [0.25, 0.3) is 0 Å². The quantitative estimate of drug-likeness (QED) is 0.820. The molecule has 122 valence electrons. The summed E-state index contributed by atoms with van der Waals surface area (Å²) in [6.45, 7) is 0.886. The Bertz CT molecular complexity index is 674. The van der Waals surface area contributed by atoms with Crippen molar-refractivity contribution >= 4 is 5.91 Å². The average molecular weight is 317 g/mol. The van der Waals surface area contributed by atoms with Crippen LogP contribution in [-0.4, -0.2) is 51.8 Å². The molecule has 0 saturated carbocycles. The lowest BCUT2D eigenvalue weighted by molar-refractivity contribution is -0.133. The molecule has 1 aliphatic rings. The minimum absolute atomic E-state index is 0.00887. The Hall–Kier alpha value is -2.64. The zero-order chi connectivity index (χ0) is 16.2. The SMILES string of the molecule is COc1ccc([C@@H]2CCCN2C(=O)Cn2cnnn2)cc1OC. The zero-order valence-electron chi connectivity index (χ0n) is 13.2. The number of nitrogens with zero attached hydrogens (tertiary/aromatic N) is 5. The van der Waals surface area contributed by atoms with Crippen LogP contribution in [0.5, 0.6) is 11.5 Å². The molecule has 0 N–H and O–H groups in total. The second-order valence-electron chi connectivity index (χ2n) is 5.37. The molecule has 1 aromatic heterocycles. The molecule has 0 unspecified atom stereocenters. The molecule has 1 atom stereocenters. The highest BCUT2D eigenvalue weighted by atomic mass is 16.5. The van der Waals surface area contributed by atoms with E-state index in [1.54, 1.807) is 14.2 Å². The van der Waals surface area contributed by atoms with E-state index in [1.807, 2.05) is 23.1 Å². The molecule has 2 aromatic rings. The fourth-order valence-electron chi connectivity index (χ4n) is 2.95. The second kappa shape index (κ2) is 6.64. The van der Waals surface area contributed by atoms with Gasteiger partial charge in [-0.15, -0.1) is 5.10 Å². The highest BCUT2D eigenvalue weighted by Crippen LogP contribution is 2.36. The van der Waals surface area contributed by atoms with Crippen molar-refractivity contribution in [2.24, 2.45) is 0 Å². The fourth-order valence-corrected chi connectivity index (χ4v) is 2.95. The Kier molecular flexibility index (Phi) is 4.40. The topological polar surface area (TPSA) is 82.4 Å². The monoisotopic (exact) mass is 317 g/mol. The molecule has 1 aliphatic heterocycles. The molecule has 0 spiro atoms. The lowest BCUT2D eigenvalue weighted by Crippen LogP contribution is -2.33. The first kappa shape index (κ1) is 15.3. The number of likely N-dealkylation sites (tertiary alicyclic amines) is 1. The average Bonchev–Trinajstić information content (AvgIpc) is 3.25. The molecule has 2 heterocycles. The summed E-state index contributed by atoms with van der Waals surface area (Å²) >= 11 is 0. The van der Waals surface area contributed by atoms with Crippen molar-refractivity contribution in [1.82, 2.24) is 25.1 Å². The van der Waals surface area contributed by atoms with Crippen LogP contribution in [0.2, 0.25) is 0 Å². The van der Waals surface area contributed by atoms with Gasteiger partial charge >= 0.3 is 0 Å². The Balaban J connectivity index is 1.79. The van der Waals surface area contributed by atoms with Crippen molar-refractivity contribution in [2.45, 2.75) is 25.4 Å². The van der Waals surface area contributed by atoms with Crippen LogP contribution in [0.4, 0.5) is 0 Å². The molecule has 0 bridgehead atoms. The fraction of sp³-hybridized carbons (Fsp3) is 0.467. The predicted octanol–water partition coefficient (Wildman–Crippen LogP) is 1.05. The van der Waals surface area contributed by atoms with Crippen molar-refractivity contribution in [1.29, 1.82) is 0 Å². The lowest BCUT2D eigenvalue weighted by atomic mass is 10.0. The van der Waals surface area contributed by atoms with Gasteiger partial charge in [-0.2, -0.15) is 0 Å². The zero-order valence-corrected chi connectivity index (χ0v) is 13.2. The molecule has 8 heteroatoms. The van der Waals surface area contributed by atoms with Crippen LogP contribution < -0.4 is 9.47 Å². The Labute approximate surface area is 134 Å². The molecule has 1 aromatic carbocycles. The Morgan fingerprint density at radius 1 is 1.30 bits per heavy atom. The molecule has 1 saturated heterocycles. The maximum Gasteiger partial charge on any atom is 0.244 e. The van der Waals surface area contributed by atoms with Gasteiger partial charge in [0.05, 0.1) is 20.3 Å². The molecular formula is C15H19N5O3. The van der Waals surface area contributed by atoms with Gasteiger partial charge in [-0.05, 0) is 41.0 Å². The van der Waals surface area contributed by atoms with Crippen molar-refractivity contribution < 1.29 is 14.3 Å². The van der Waals surface area contributed by atoms with Gasteiger partial charge in [0.1, 0.15) is 12.9 Å². The van der Waals surface area contributed by atoms with Crippen LogP contribution in [-0.2, 0) is 11.3 Å². The van der Waals surface area contributed by atoms with Gasteiger partial charge in [0.2, 0.25) is 5.91 Å². The molecule has 0 radical (unpaired) electrons. The molecular weight excluding hydrogens is 298 g/mol. The summed E-state index contributed by atoms with van der Waals surface area (Å²) in [6.07, 6.45) is 3.34. The van der Waals surface area contributed by atoms with Gasteiger partial charge in [-0.3, -0.25) is 4.79 Å². The number of hydrogen-bond donors (Lipinski definition) is 0. The van der Waals surface area contributed by atoms with Gasteiger partial charge in [0.15, 0.2) is 11.5 Å². The number of amides is 1. The molecule has 1 fully saturated rings. The van der Waals surface area contributed by atoms with Gasteiger partial charge in [0, 0.05) is 6.54 Å². The third kappa shape index (κ3) is 3.10. The number of carbonyl (C=O) groups is 1. The maximum atomic E-state index is 12.5. The number of methoxy groups -OCH3 is 2. The molecule has 0 aliphatic carbocycles. The summed E-state index contributed by atoms with van der Waals surface area (Å²) in [5, 5.41) is 10.9. The summed E-state index contributed by atoms with van der Waals surface area (Å²) in [4.78, 5) is 14.4. The van der Waals surface area contributed by atoms with Crippen molar-refractivity contribution in [3.05, 3.63) is 30.1 Å². The van der Waals surface area contributed by atoms with Gasteiger partial charge in [-0.1, -0.05) is 6.07 Å². The number of benzene rings is 1.